The standard InChI is InChI=1S/C12H20N2O5S/c1-20(16,17)14-7-9-6-10(11(8-14)19-9)12(15)13-2-4-18-5-3-13/h9-11H,2-8H2,1H3/t9-,10-,11-/m0/s1. The lowest BCUT2D eigenvalue weighted by molar-refractivity contribution is -0.142. The normalized spacial score (nSPS) is 35.2. The maximum Gasteiger partial charge on any atom is 0.228 e. The van der Waals surface area contributed by atoms with Crippen LogP contribution < -0.4 is 0 Å². The van der Waals surface area contributed by atoms with Crippen molar-refractivity contribution in [3.8, 4) is 0 Å². The number of morpholine rings is 2. The molecule has 0 saturated carbocycles. The van der Waals surface area contributed by atoms with Gasteiger partial charge >= 0.3 is 0 Å². The van der Waals surface area contributed by atoms with Gasteiger partial charge in [0.15, 0.2) is 0 Å². The largest absolute Gasteiger partial charge is 0.378 e. The van der Waals surface area contributed by atoms with E-state index in [-0.39, 0.29) is 30.6 Å². The molecule has 0 spiro atoms. The summed E-state index contributed by atoms with van der Waals surface area (Å²) in [5, 5.41) is 0. The lowest BCUT2D eigenvalue weighted by Crippen LogP contribution is -2.49. The van der Waals surface area contributed by atoms with Crippen molar-refractivity contribution >= 4 is 15.9 Å². The molecule has 3 saturated heterocycles. The van der Waals surface area contributed by atoms with Gasteiger partial charge in [-0.05, 0) is 6.42 Å². The van der Waals surface area contributed by atoms with Crippen molar-refractivity contribution in [3.05, 3.63) is 0 Å². The molecular weight excluding hydrogens is 284 g/mol. The zero-order chi connectivity index (χ0) is 14.3. The van der Waals surface area contributed by atoms with Gasteiger partial charge in [-0.1, -0.05) is 0 Å². The molecule has 0 radical (unpaired) electrons. The van der Waals surface area contributed by atoms with Gasteiger partial charge in [-0.25, -0.2) is 8.42 Å². The average Bonchev–Trinajstić information content (AvgIpc) is 2.72. The van der Waals surface area contributed by atoms with Crippen molar-refractivity contribution in [1.82, 2.24) is 9.21 Å². The fourth-order valence-corrected chi connectivity index (χ4v) is 4.03. The number of rotatable bonds is 2. The van der Waals surface area contributed by atoms with Gasteiger partial charge in [0, 0.05) is 26.2 Å². The highest BCUT2D eigenvalue weighted by Gasteiger charge is 2.47. The Morgan fingerprint density at radius 1 is 1.20 bits per heavy atom. The van der Waals surface area contributed by atoms with E-state index in [0.717, 1.165) is 0 Å². The average molecular weight is 304 g/mol. The van der Waals surface area contributed by atoms with Crippen LogP contribution in [-0.4, -0.2) is 81.4 Å². The van der Waals surface area contributed by atoms with Gasteiger partial charge in [0.1, 0.15) is 0 Å². The third-order valence-corrected chi connectivity index (χ3v) is 5.47. The monoisotopic (exact) mass is 304 g/mol. The van der Waals surface area contributed by atoms with E-state index in [4.69, 9.17) is 9.47 Å². The van der Waals surface area contributed by atoms with E-state index >= 15 is 0 Å². The Kier molecular flexibility index (Phi) is 3.74. The topological polar surface area (TPSA) is 76.2 Å². The van der Waals surface area contributed by atoms with Crippen LogP contribution in [0.5, 0.6) is 0 Å². The molecule has 0 aliphatic carbocycles. The van der Waals surface area contributed by atoms with Crippen molar-refractivity contribution in [2.24, 2.45) is 5.92 Å². The molecule has 0 aromatic carbocycles. The van der Waals surface area contributed by atoms with Crippen LogP contribution in [0.1, 0.15) is 6.42 Å². The van der Waals surface area contributed by atoms with Crippen molar-refractivity contribution < 1.29 is 22.7 Å². The van der Waals surface area contributed by atoms with Crippen LogP contribution in [0.15, 0.2) is 0 Å². The second-order valence-electron chi connectivity index (χ2n) is 5.66. The molecule has 3 atom stereocenters. The molecule has 7 nitrogen and oxygen atoms in total. The maximum absolute atomic E-state index is 12.5. The van der Waals surface area contributed by atoms with E-state index in [2.05, 4.69) is 0 Å². The van der Waals surface area contributed by atoms with Crippen LogP contribution in [0.4, 0.5) is 0 Å². The quantitative estimate of drug-likeness (QED) is 0.647. The highest BCUT2D eigenvalue weighted by Crippen LogP contribution is 2.34. The summed E-state index contributed by atoms with van der Waals surface area (Å²) in [7, 11) is -3.22. The number of carbonyl (C=O) groups is 1. The Hall–Kier alpha value is -0.700. The Morgan fingerprint density at radius 3 is 2.55 bits per heavy atom. The molecular formula is C12H20N2O5S. The number of hydrogen-bond donors (Lipinski definition) is 0. The lowest BCUT2D eigenvalue weighted by Gasteiger charge is -2.33. The second-order valence-corrected chi connectivity index (χ2v) is 7.64. The molecule has 8 heteroatoms. The lowest BCUT2D eigenvalue weighted by atomic mass is 9.98. The molecule has 0 unspecified atom stereocenters. The summed E-state index contributed by atoms with van der Waals surface area (Å²) in [4.78, 5) is 14.3. The summed E-state index contributed by atoms with van der Waals surface area (Å²) >= 11 is 0. The number of ether oxygens (including phenoxy) is 2. The number of nitrogens with zero attached hydrogens (tertiary/aromatic N) is 2. The SMILES string of the molecule is CS(=O)(=O)N1C[C@@H]2C[C@H](C(=O)N3CCOCC3)[C@H](C1)O2. The van der Waals surface area contributed by atoms with E-state index in [0.29, 0.717) is 39.3 Å². The van der Waals surface area contributed by atoms with Gasteiger partial charge in [-0.3, -0.25) is 4.79 Å². The number of carbonyl (C=O) groups excluding carboxylic acids is 1. The third kappa shape index (κ3) is 2.69. The zero-order valence-corrected chi connectivity index (χ0v) is 12.3. The van der Waals surface area contributed by atoms with Crippen LogP contribution in [0.2, 0.25) is 0 Å². The molecule has 3 rings (SSSR count). The molecule has 0 N–H and O–H groups in total. The molecule has 114 valence electrons. The van der Waals surface area contributed by atoms with Crippen LogP contribution >= 0.6 is 0 Å². The minimum atomic E-state index is -3.22. The molecule has 0 aromatic rings. The minimum Gasteiger partial charge on any atom is -0.378 e. The van der Waals surface area contributed by atoms with E-state index in [1.54, 1.807) is 0 Å². The summed E-state index contributed by atoms with van der Waals surface area (Å²) < 4.78 is 35.7. The Balaban J connectivity index is 1.69. The summed E-state index contributed by atoms with van der Waals surface area (Å²) in [6.45, 7) is 3.02. The minimum absolute atomic E-state index is 0.0798. The van der Waals surface area contributed by atoms with Gasteiger partial charge in [-0.15, -0.1) is 0 Å². The van der Waals surface area contributed by atoms with Gasteiger partial charge in [0.25, 0.3) is 0 Å². The van der Waals surface area contributed by atoms with Gasteiger partial charge in [0.2, 0.25) is 15.9 Å². The molecule has 3 aliphatic rings. The summed E-state index contributed by atoms with van der Waals surface area (Å²) in [5.41, 5.74) is 0. The van der Waals surface area contributed by atoms with Crippen molar-refractivity contribution in [1.29, 1.82) is 0 Å². The van der Waals surface area contributed by atoms with Crippen LogP contribution in [0.3, 0.4) is 0 Å². The molecule has 3 aliphatic heterocycles. The van der Waals surface area contributed by atoms with Crippen molar-refractivity contribution in [2.75, 3.05) is 45.6 Å². The first-order chi connectivity index (χ1) is 9.45. The maximum atomic E-state index is 12.5. The fraction of sp³-hybridized carbons (Fsp3) is 0.917. The highest BCUT2D eigenvalue weighted by atomic mass is 32.2. The van der Waals surface area contributed by atoms with Gasteiger partial charge in [-0.2, -0.15) is 4.31 Å². The fourth-order valence-electron chi connectivity index (χ4n) is 3.17. The van der Waals surface area contributed by atoms with E-state index in [9.17, 15) is 13.2 Å². The van der Waals surface area contributed by atoms with Crippen LogP contribution in [0, 0.1) is 5.92 Å². The summed E-state index contributed by atoms with van der Waals surface area (Å²) in [6, 6.07) is 0. The summed E-state index contributed by atoms with van der Waals surface area (Å²) in [6.07, 6.45) is 1.36. The molecule has 1 amide bonds. The van der Waals surface area contributed by atoms with Crippen molar-refractivity contribution in [2.45, 2.75) is 18.6 Å². The van der Waals surface area contributed by atoms with Crippen molar-refractivity contribution in [3.63, 3.8) is 0 Å². The first-order valence-electron chi connectivity index (χ1n) is 6.92. The summed E-state index contributed by atoms with van der Waals surface area (Å²) in [5.74, 6) is -0.138. The van der Waals surface area contributed by atoms with Gasteiger partial charge in [0.05, 0.1) is 37.6 Å². The third-order valence-electron chi connectivity index (χ3n) is 4.23. The van der Waals surface area contributed by atoms with Crippen LogP contribution in [0.25, 0.3) is 0 Å². The Bertz CT molecular complexity index is 488. The van der Waals surface area contributed by atoms with Crippen LogP contribution in [-0.2, 0) is 24.3 Å². The predicted molar refractivity (Wildman–Crippen MR) is 70.6 cm³/mol. The van der Waals surface area contributed by atoms with Gasteiger partial charge < -0.3 is 14.4 Å². The number of hydrogen-bond acceptors (Lipinski definition) is 5. The first-order valence-corrected chi connectivity index (χ1v) is 8.77. The zero-order valence-electron chi connectivity index (χ0n) is 11.5. The number of amides is 1. The Labute approximate surface area is 118 Å². The molecule has 20 heavy (non-hydrogen) atoms. The first kappa shape index (κ1) is 14.2. The number of fused-ring (bicyclic) bond motifs is 2. The predicted octanol–water partition coefficient (Wildman–Crippen LogP) is -1.11. The Morgan fingerprint density at radius 2 is 1.90 bits per heavy atom. The van der Waals surface area contributed by atoms with E-state index in [1.165, 1.54) is 10.6 Å². The smallest absolute Gasteiger partial charge is 0.228 e. The molecule has 3 fully saturated rings. The highest BCUT2D eigenvalue weighted by molar-refractivity contribution is 7.88. The van der Waals surface area contributed by atoms with E-state index < -0.39 is 10.0 Å². The number of sulfonamides is 1. The molecule has 3 heterocycles. The molecule has 0 aromatic heterocycles. The second kappa shape index (κ2) is 5.25. The molecule has 2 bridgehead atoms. The van der Waals surface area contributed by atoms with E-state index in [1.807, 2.05) is 4.90 Å².